The highest BCUT2D eigenvalue weighted by atomic mass is 79.9. The van der Waals surface area contributed by atoms with E-state index >= 15 is 0 Å². The second kappa shape index (κ2) is 26.0. The number of hydrogen-bond acceptors (Lipinski definition) is 19. The van der Waals surface area contributed by atoms with Gasteiger partial charge >= 0.3 is 53.4 Å². The minimum absolute atomic E-state index is 0.0234. The molecule has 54 heavy (non-hydrogen) atoms. The van der Waals surface area contributed by atoms with Gasteiger partial charge in [-0.2, -0.15) is 3.93 Å². The van der Waals surface area contributed by atoms with E-state index in [1.807, 2.05) is 0 Å². The van der Waals surface area contributed by atoms with Crippen molar-refractivity contribution in [3.05, 3.63) is 17.7 Å². The summed E-state index contributed by atoms with van der Waals surface area (Å²) in [5.74, 6) is -9.33. The second-order valence-electron chi connectivity index (χ2n) is 9.77. The third kappa shape index (κ3) is 16.1. The number of aromatic amines is 1. The van der Waals surface area contributed by atoms with Crippen LogP contribution in [-0.4, -0.2) is 145 Å². The summed E-state index contributed by atoms with van der Waals surface area (Å²) in [4.78, 5) is 116. The van der Waals surface area contributed by atoms with Crippen LogP contribution in [-0.2, 0) is 62.0 Å². The summed E-state index contributed by atoms with van der Waals surface area (Å²) in [5, 5.41) is 18.2. The Kier molecular flexibility index (Phi) is 24.7. The highest BCUT2D eigenvalue weighted by molar-refractivity contribution is 9.08. The molecule has 1 aromatic heterocycles. The van der Waals surface area contributed by atoms with E-state index < -0.39 is 71.2 Å². The van der Waals surface area contributed by atoms with Gasteiger partial charge in [0.1, 0.15) is 5.54 Å². The molecule has 0 spiro atoms. The van der Waals surface area contributed by atoms with E-state index in [-0.39, 0.29) is 56.9 Å². The lowest BCUT2D eigenvalue weighted by Crippen LogP contribution is -2.41. The molecule has 1 aliphatic rings. The van der Waals surface area contributed by atoms with Crippen molar-refractivity contribution < 1.29 is 86.6 Å². The minimum atomic E-state index is -1.89. The van der Waals surface area contributed by atoms with Gasteiger partial charge in [-0.15, -0.1) is 0 Å². The van der Waals surface area contributed by atoms with Crippen molar-refractivity contribution in [2.75, 3.05) is 39.6 Å². The number of imidazole rings is 1. The van der Waals surface area contributed by atoms with Gasteiger partial charge in [0.05, 0.1) is 78.3 Å². The number of aliphatic hydroxyl groups excluding tert-OH is 2. The first-order valence-corrected chi connectivity index (χ1v) is 17.1. The number of ether oxygens (including phenoxy) is 6. The molecule has 24 heteroatoms. The summed E-state index contributed by atoms with van der Waals surface area (Å²) < 4.78 is 28.8. The normalized spacial score (nSPS) is 13.5. The highest BCUT2D eigenvalue weighted by Crippen LogP contribution is 2.32. The number of amides is 3. The van der Waals surface area contributed by atoms with Gasteiger partial charge in [-0.1, -0.05) is 0 Å². The molecule has 0 bridgehead atoms. The Morgan fingerprint density at radius 3 is 1.35 bits per heavy atom. The molecule has 0 saturated carbocycles. The molecular weight excluding hydrogens is 864 g/mol. The van der Waals surface area contributed by atoms with Gasteiger partial charge in [0.25, 0.3) is 5.91 Å². The topological polar surface area (TPSA) is 302 Å². The van der Waals surface area contributed by atoms with Gasteiger partial charge in [0.15, 0.2) is 23.6 Å². The maximum absolute atomic E-state index is 11.3. The number of urea groups is 1. The summed E-state index contributed by atoms with van der Waals surface area (Å²) in [7, 11) is 0. The summed E-state index contributed by atoms with van der Waals surface area (Å²) in [5.41, 5.74) is -0.828. The van der Waals surface area contributed by atoms with Crippen molar-refractivity contribution in [3.63, 3.8) is 0 Å². The standard InChI is InChI=1S/C9H12N2O4.C8H14O6.C8H10O6.C5H6Br2N2O2/c1-3-14-8(12)6-7(11-5-10-6)9(13)15-4-2;2*1-3-13-7(11)5(9)6(10)8(12)14-4-2;1-5(2)3(10)8(6)4(11)9(5)7/h5H,3-4H2,1-2H3,(H,10,11);5-6,9-10H,3-4H2,1-2H3;3-4H2,1-2H3;1-2H3/t;5-,6-;;/m.1../s1. The zero-order chi connectivity index (χ0) is 42.3. The zero-order valence-electron chi connectivity index (χ0n) is 30.5. The monoisotopic (exact) mass is 904 g/mol. The Hall–Kier alpha value is -4.81. The SMILES string of the molecule is CC1(C)C(=O)N(Br)C(=O)N1Br.CCOC(=O)C(=O)C(=O)C(=O)OCC.CCOC(=O)[C@H](O)[C@@H](O)C(=O)OCC.CCOC(=O)c1nc[nH]c1C(=O)OCC. The van der Waals surface area contributed by atoms with Crippen LogP contribution in [0.2, 0.25) is 0 Å². The first-order chi connectivity index (χ1) is 25.2. The Morgan fingerprint density at radius 1 is 0.685 bits per heavy atom. The smallest absolute Gasteiger partial charge is 0.383 e. The van der Waals surface area contributed by atoms with E-state index in [1.54, 1.807) is 41.5 Å². The Morgan fingerprint density at radius 2 is 1.06 bits per heavy atom. The number of esters is 6. The molecule has 3 amide bonds. The average molecular weight is 906 g/mol. The summed E-state index contributed by atoms with van der Waals surface area (Å²) in [6.45, 7) is 13.2. The van der Waals surface area contributed by atoms with E-state index in [1.165, 1.54) is 24.1 Å². The quantitative estimate of drug-likeness (QED) is 0.0572. The van der Waals surface area contributed by atoms with Crippen molar-refractivity contribution in [2.24, 2.45) is 0 Å². The highest BCUT2D eigenvalue weighted by Gasteiger charge is 2.50. The van der Waals surface area contributed by atoms with Crippen LogP contribution in [0.1, 0.15) is 76.4 Å². The summed E-state index contributed by atoms with van der Waals surface area (Å²) >= 11 is 5.84. The number of aliphatic hydroxyl groups is 2. The number of rotatable bonds is 14. The van der Waals surface area contributed by atoms with Gasteiger partial charge in [-0.05, 0) is 55.4 Å². The molecule has 0 radical (unpaired) electrons. The van der Waals surface area contributed by atoms with Gasteiger partial charge in [0, 0.05) is 0 Å². The lowest BCUT2D eigenvalue weighted by Gasteiger charge is -2.19. The number of nitrogens with zero attached hydrogens (tertiary/aromatic N) is 3. The molecule has 0 aliphatic carbocycles. The fraction of sp³-hybridized carbons (Fsp3) is 0.567. The molecule has 2 heterocycles. The number of aromatic nitrogens is 2. The van der Waals surface area contributed by atoms with E-state index in [2.05, 4.69) is 61.2 Å². The number of halogens is 2. The number of imide groups is 1. The third-order valence-electron chi connectivity index (χ3n) is 5.60. The molecular formula is C30H42Br2N4O18. The van der Waals surface area contributed by atoms with Crippen molar-refractivity contribution in [1.29, 1.82) is 0 Å². The number of nitrogens with one attached hydrogen (secondary N) is 1. The van der Waals surface area contributed by atoms with Crippen molar-refractivity contribution in [2.45, 2.75) is 73.1 Å². The molecule has 1 aliphatic heterocycles. The molecule has 2 atom stereocenters. The van der Waals surface area contributed by atoms with Crippen LogP contribution in [0.5, 0.6) is 0 Å². The van der Waals surface area contributed by atoms with Gasteiger partial charge in [-0.3, -0.25) is 14.4 Å². The van der Waals surface area contributed by atoms with E-state index in [0.717, 1.165) is 3.93 Å². The molecule has 0 unspecified atom stereocenters. The Bertz CT molecular complexity index is 1420. The lowest BCUT2D eigenvalue weighted by molar-refractivity contribution is -0.172. The second-order valence-corrected chi connectivity index (χ2v) is 11.2. The Labute approximate surface area is 325 Å². The first-order valence-electron chi connectivity index (χ1n) is 15.7. The van der Waals surface area contributed by atoms with Crippen LogP contribution in [0.3, 0.4) is 0 Å². The average Bonchev–Trinajstić information content (AvgIpc) is 3.68. The molecule has 3 N–H and O–H groups in total. The largest absolute Gasteiger partial charge is 0.464 e. The zero-order valence-corrected chi connectivity index (χ0v) is 33.7. The van der Waals surface area contributed by atoms with Crippen molar-refractivity contribution in [1.82, 2.24) is 17.8 Å². The molecule has 1 aromatic rings. The maximum Gasteiger partial charge on any atom is 0.383 e. The molecule has 0 aromatic carbocycles. The number of H-pyrrole nitrogens is 1. The van der Waals surface area contributed by atoms with Crippen LogP contribution in [0, 0.1) is 0 Å². The third-order valence-corrected chi connectivity index (χ3v) is 7.41. The van der Waals surface area contributed by atoms with Crippen LogP contribution in [0.4, 0.5) is 4.79 Å². The van der Waals surface area contributed by atoms with Crippen LogP contribution in [0.25, 0.3) is 0 Å². The fourth-order valence-corrected chi connectivity index (χ4v) is 4.14. The fourth-order valence-electron chi connectivity index (χ4n) is 3.03. The van der Waals surface area contributed by atoms with Gasteiger partial charge in [-0.25, -0.2) is 42.5 Å². The molecule has 1 saturated heterocycles. The molecule has 304 valence electrons. The van der Waals surface area contributed by atoms with Crippen molar-refractivity contribution >= 4 is 91.6 Å². The minimum Gasteiger partial charge on any atom is -0.464 e. The van der Waals surface area contributed by atoms with Gasteiger partial charge in [0.2, 0.25) is 0 Å². The van der Waals surface area contributed by atoms with Crippen LogP contribution >= 0.6 is 32.3 Å². The van der Waals surface area contributed by atoms with Crippen LogP contribution in [0.15, 0.2) is 6.33 Å². The Balaban J connectivity index is 0. The van der Waals surface area contributed by atoms with E-state index in [0.29, 0.717) is 0 Å². The first kappa shape index (κ1) is 51.3. The number of carbonyl (C=O) groups excluding carboxylic acids is 10. The number of carbonyl (C=O) groups is 10. The van der Waals surface area contributed by atoms with Crippen molar-refractivity contribution in [3.8, 4) is 0 Å². The molecule has 22 nitrogen and oxygen atoms in total. The summed E-state index contributed by atoms with van der Waals surface area (Å²) in [6, 6.07) is -0.403. The number of ketones is 2. The summed E-state index contributed by atoms with van der Waals surface area (Å²) in [6.07, 6.45) is -2.54. The molecule has 1 fully saturated rings. The maximum atomic E-state index is 11.3. The predicted molar refractivity (Wildman–Crippen MR) is 185 cm³/mol. The number of hydrogen-bond donors (Lipinski definition) is 3. The number of Topliss-reactive ketones (excluding diaryl/α,β-unsaturated/α-hetero) is 2. The lowest BCUT2D eigenvalue weighted by atomic mass is 10.1. The van der Waals surface area contributed by atoms with E-state index in [9.17, 15) is 47.9 Å². The van der Waals surface area contributed by atoms with E-state index in [4.69, 9.17) is 19.7 Å². The predicted octanol–water partition coefficient (Wildman–Crippen LogP) is 0.497. The molecule has 2 rings (SSSR count). The van der Waals surface area contributed by atoms with Gasteiger partial charge < -0.3 is 43.6 Å². The van der Waals surface area contributed by atoms with Crippen LogP contribution < -0.4 is 0 Å².